The summed E-state index contributed by atoms with van der Waals surface area (Å²) in [4.78, 5) is 11.0. The zero-order chi connectivity index (χ0) is 12.9. The van der Waals surface area contributed by atoms with E-state index >= 15 is 0 Å². The second-order valence-corrected chi connectivity index (χ2v) is 3.38. The summed E-state index contributed by atoms with van der Waals surface area (Å²) in [5, 5.41) is 2.19. The molecule has 1 aromatic rings. The van der Waals surface area contributed by atoms with Crippen molar-refractivity contribution in [3.05, 3.63) is 29.8 Å². The largest absolute Gasteiger partial charge is 0.496 e. The molecule has 17 heavy (non-hydrogen) atoms. The fourth-order valence-electron chi connectivity index (χ4n) is 1.29. The highest BCUT2D eigenvalue weighted by Crippen LogP contribution is 2.20. The molecule has 0 aromatic heterocycles. The lowest BCUT2D eigenvalue weighted by Gasteiger charge is -2.10. The fourth-order valence-corrected chi connectivity index (χ4v) is 1.29. The van der Waals surface area contributed by atoms with Gasteiger partial charge >= 0.3 is 6.18 Å². The van der Waals surface area contributed by atoms with E-state index in [2.05, 4.69) is 5.32 Å². The van der Waals surface area contributed by atoms with Crippen LogP contribution < -0.4 is 10.1 Å². The van der Waals surface area contributed by atoms with Gasteiger partial charge in [-0.2, -0.15) is 13.2 Å². The van der Waals surface area contributed by atoms with Crippen LogP contribution in [0.15, 0.2) is 24.3 Å². The normalized spacial score (nSPS) is 11.1. The van der Waals surface area contributed by atoms with E-state index in [0.29, 0.717) is 11.3 Å². The Morgan fingerprint density at radius 3 is 2.59 bits per heavy atom. The zero-order valence-corrected chi connectivity index (χ0v) is 9.17. The van der Waals surface area contributed by atoms with Crippen molar-refractivity contribution in [1.82, 2.24) is 5.32 Å². The Labute approximate surface area is 96.6 Å². The van der Waals surface area contributed by atoms with E-state index in [4.69, 9.17) is 4.74 Å². The first-order valence-corrected chi connectivity index (χ1v) is 4.88. The molecule has 0 aliphatic heterocycles. The van der Waals surface area contributed by atoms with Crippen molar-refractivity contribution in [3.8, 4) is 5.75 Å². The summed E-state index contributed by atoms with van der Waals surface area (Å²) < 4.78 is 40.7. The van der Waals surface area contributed by atoms with Crippen molar-refractivity contribution in [2.24, 2.45) is 0 Å². The number of carbonyl (C=O) groups is 1. The summed E-state index contributed by atoms with van der Waals surface area (Å²) in [7, 11) is 1.45. The van der Waals surface area contributed by atoms with Crippen LogP contribution in [0.1, 0.15) is 12.0 Å². The minimum atomic E-state index is -4.48. The molecule has 1 amide bonds. The number of nitrogens with one attached hydrogen (secondary N) is 1. The predicted molar refractivity (Wildman–Crippen MR) is 55.5 cm³/mol. The first-order valence-electron chi connectivity index (χ1n) is 4.88. The highest BCUT2D eigenvalue weighted by atomic mass is 19.4. The molecule has 1 N–H and O–H groups in total. The third-order valence-electron chi connectivity index (χ3n) is 2.03. The van der Waals surface area contributed by atoms with Crippen molar-refractivity contribution < 1.29 is 22.7 Å². The van der Waals surface area contributed by atoms with E-state index in [1.54, 1.807) is 24.3 Å². The van der Waals surface area contributed by atoms with Crippen molar-refractivity contribution in [3.63, 3.8) is 0 Å². The molecule has 0 heterocycles. The van der Waals surface area contributed by atoms with Gasteiger partial charge in [0.1, 0.15) is 12.2 Å². The molecule has 0 bridgehead atoms. The molecule has 0 radical (unpaired) electrons. The van der Waals surface area contributed by atoms with Crippen molar-refractivity contribution in [1.29, 1.82) is 0 Å². The third-order valence-corrected chi connectivity index (χ3v) is 2.03. The molecule has 0 atom stereocenters. The van der Waals surface area contributed by atoms with Gasteiger partial charge in [0.05, 0.1) is 7.11 Å². The Morgan fingerprint density at radius 1 is 1.35 bits per heavy atom. The van der Waals surface area contributed by atoms with Gasteiger partial charge in [0.15, 0.2) is 0 Å². The SMILES string of the molecule is COc1ccccc1CNC(=O)CC(F)(F)F. The number of benzene rings is 1. The molecular formula is C11H12F3NO2. The molecule has 0 spiro atoms. The number of rotatable bonds is 4. The molecule has 0 aliphatic rings. The van der Waals surface area contributed by atoms with E-state index in [1.165, 1.54) is 7.11 Å². The summed E-state index contributed by atoms with van der Waals surface area (Å²) in [5.74, 6) is -0.525. The Morgan fingerprint density at radius 2 is 2.00 bits per heavy atom. The van der Waals surface area contributed by atoms with Crippen molar-refractivity contribution in [2.75, 3.05) is 7.11 Å². The molecule has 1 rings (SSSR count). The van der Waals surface area contributed by atoms with Gasteiger partial charge < -0.3 is 10.1 Å². The van der Waals surface area contributed by atoms with E-state index in [0.717, 1.165) is 0 Å². The standard InChI is InChI=1S/C11H12F3NO2/c1-17-9-5-3-2-4-8(9)7-15-10(16)6-11(12,13)14/h2-5H,6-7H2,1H3,(H,15,16). The maximum absolute atomic E-state index is 11.9. The average Bonchev–Trinajstić information content (AvgIpc) is 2.24. The number of hydrogen-bond acceptors (Lipinski definition) is 2. The average molecular weight is 247 g/mol. The molecule has 0 saturated carbocycles. The lowest BCUT2D eigenvalue weighted by Crippen LogP contribution is -2.28. The molecule has 0 unspecified atom stereocenters. The van der Waals surface area contributed by atoms with Gasteiger partial charge in [-0.1, -0.05) is 18.2 Å². The van der Waals surface area contributed by atoms with E-state index in [1.807, 2.05) is 0 Å². The van der Waals surface area contributed by atoms with Gasteiger partial charge in [0.2, 0.25) is 5.91 Å². The number of para-hydroxylation sites is 1. The van der Waals surface area contributed by atoms with Crippen LogP contribution in [-0.2, 0) is 11.3 Å². The summed E-state index contributed by atoms with van der Waals surface area (Å²) in [5.41, 5.74) is 0.630. The second-order valence-electron chi connectivity index (χ2n) is 3.38. The summed E-state index contributed by atoms with van der Waals surface area (Å²) >= 11 is 0. The van der Waals surface area contributed by atoms with Crippen LogP contribution in [0.4, 0.5) is 13.2 Å². The Kier molecular flexibility index (Phi) is 4.37. The van der Waals surface area contributed by atoms with Crippen molar-refractivity contribution >= 4 is 5.91 Å². The Bertz CT molecular complexity index is 391. The topological polar surface area (TPSA) is 38.3 Å². The van der Waals surface area contributed by atoms with Crippen LogP contribution in [0.3, 0.4) is 0 Å². The van der Waals surface area contributed by atoms with Gasteiger partial charge in [0.25, 0.3) is 0 Å². The van der Waals surface area contributed by atoms with Gasteiger partial charge in [-0.3, -0.25) is 4.79 Å². The molecule has 0 saturated heterocycles. The number of halogens is 3. The number of methoxy groups -OCH3 is 1. The number of amides is 1. The van der Waals surface area contributed by atoms with E-state index in [9.17, 15) is 18.0 Å². The van der Waals surface area contributed by atoms with Crippen LogP contribution >= 0.6 is 0 Å². The molecule has 3 nitrogen and oxygen atoms in total. The molecule has 1 aromatic carbocycles. The van der Waals surface area contributed by atoms with Crippen LogP contribution in [0.25, 0.3) is 0 Å². The van der Waals surface area contributed by atoms with Gasteiger partial charge in [-0.15, -0.1) is 0 Å². The third kappa shape index (κ3) is 4.76. The maximum atomic E-state index is 11.9. The highest BCUT2D eigenvalue weighted by molar-refractivity contribution is 5.76. The number of hydrogen-bond donors (Lipinski definition) is 1. The highest BCUT2D eigenvalue weighted by Gasteiger charge is 2.30. The van der Waals surface area contributed by atoms with E-state index < -0.39 is 18.5 Å². The predicted octanol–water partition coefficient (Wildman–Crippen LogP) is 2.26. The molecule has 0 aliphatic carbocycles. The fraction of sp³-hybridized carbons (Fsp3) is 0.364. The molecule has 94 valence electrons. The lowest BCUT2D eigenvalue weighted by molar-refractivity contribution is -0.153. The maximum Gasteiger partial charge on any atom is 0.397 e. The van der Waals surface area contributed by atoms with Crippen LogP contribution in [0.2, 0.25) is 0 Å². The molecule has 0 fully saturated rings. The molecular weight excluding hydrogens is 235 g/mol. The van der Waals surface area contributed by atoms with Crippen LogP contribution in [-0.4, -0.2) is 19.2 Å². The monoisotopic (exact) mass is 247 g/mol. The Balaban J connectivity index is 2.53. The van der Waals surface area contributed by atoms with Crippen LogP contribution in [0, 0.1) is 0 Å². The summed E-state index contributed by atoms with van der Waals surface area (Å²) in [6.45, 7) is 0.0128. The first-order chi connectivity index (χ1) is 7.92. The van der Waals surface area contributed by atoms with Gasteiger partial charge in [-0.25, -0.2) is 0 Å². The van der Waals surface area contributed by atoms with Gasteiger partial charge in [-0.05, 0) is 6.07 Å². The minimum Gasteiger partial charge on any atom is -0.496 e. The molecule has 6 heteroatoms. The van der Waals surface area contributed by atoms with Crippen molar-refractivity contribution in [2.45, 2.75) is 19.1 Å². The Hall–Kier alpha value is -1.72. The second kappa shape index (κ2) is 5.56. The minimum absolute atomic E-state index is 0.0128. The van der Waals surface area contributed by atoms with Crippen LogP contribution in [0.5, 0.6) is 5.75 Å². The quantitative estimate of drug-likeness (QED) is 0.886. The van der Waals surface area contributed by atoms with E-state index in [-0.39, 0.29) is 6.54 Å². The number of carbonyl (C=O) groups excluding carboxylic acids is 1. The van der Waals surface area contributed by atoms with Gasteiger partial charge in [0, 0.05) is 12.1 Å². The summed E-state index contributed by atoms with van der Waals surface area (Å²) in [6.07, 6.45) is -5.95. The smallest absolute Gasteiger partial charge is 0.397 e. The lowest BCUT2D eigenvalue weighted by atomic mass is 10.2. The number of alkyl halides is 3. The zero-order valence-electron chi connectivity index (χ0n) is 9.17. The number of ether oxygens (including phenoxy) is 1. The first kappa shape index (κ1) is 13.3. The summed E-state index contributed by atoms with van der Waals surface area (Å²) in [6, 6.07) is 6.80.